The van der Waals surface area contributed by atoms with Gasteiger partial charge in [-0.1, -0.05) is 39.2 Å². The highest BCUT2D eigenvalue weighted by Crippen LogP contribution is 2.32. The molecule has 4 heteroatoms. The first-order chi connectivity index (χ1) is 8.27. The molecule has 0 saturated heterocycles. The normalized spacial score (nSPS) is 13.2. The van der Waals surface area contributed by atoms with Crippen molar-refractivity contribution >= 4 is 8.07 Å². The molecule has 1 aromatic rings. The van der Waals surface area contributed by atoms with Crippen molar-refractivity contribution in [1.82, 2.24) is 0 Å². The van der Waals surface area contributed by atoms with E-state index in [9.17, 15) is 8.78 Å². The van der Waals surface area contributed by atoms with Gasteiger partial charge in [-0.25, -0.2) is 8.78 Å². The van der Waals surface area contributed by atoms with Crippen LogP contribution < -0.4 is 4.74 Å². The molecule has 0 bridgehead atoms. The minimum Gasteiger partial charge on any atom is -0.489 e. The lowest BCUT2D eigenvalue weighted by Gasteiger charge is -2.26. The van der Waals surface area contributed by atoms with Crippen molar-refractivity contribution in [2.24, 2.45) is 0 Å². The van der Waals surface area contributed by atoms with E-state index in [4.69, 9.17) is 4.74 Å². The number of halogens is 2. The van der Waals surface area contributed by atoms with Crippen molar-refractivity contribution in [1.29, 1.82) is 0 Å². The van der Waals surface area contributed by atoms with E-state index in [0.29, 0.717) is 0 Å². The largest absolute Gasteiger partial charge is 0.489 e. The van der Waals surface area contributed by atoms with Crippen LogP contribution in [0.2, 0.25) is 19.6 Å². The van der Waals surface area contributed by atoms with E-state index in [1.54, 1.807) is 0 Å². The highest BCUT2D eigenvalue weighted by molar-refractivity contribution is 6.77. The summed E-state index contributed by atoms with van der Waals surface area (Å²) in [6.07, 6.45) is 1.54. The van der Waals surface area contributed by atoms with Crippen LogP contribution in [0.1, 0.15) is 18.0 Å². The summed E-state index contributed by atoms with van der Waals surface area (Å²) in [5.74, 6) is -0.843. The highest BCUT2D eigenvalue weighted by Gasteiger charge is 2.29. The van der Waals surface area contributed by atoms with Crippen molar-refractivity contribution in [2.75, 3.05) is 6.61 Å². The first-order valence-electron chi connectivity index (χ1n) is 6.00. The molecule has 0 aromatic heterocycles. The topological polar surface area (TPSA) is 9.23 Å². The van der Waals surface area contributed by atoms with Crippen molar-refractivity contribution in [3.8, 4) is 5.75 Å². The number of hydrogen-bond acceptors (Lipinski definition) is 1. The van der Waals surface area contributed by atoms with Gasteiger partial charge in [-0.2, -0.15) is 0 Å². The Bertz CT molecular complexity index is 415. The van der Waals surface area contributed by atoms with Gasteiger partial charge in [0, 0.05) is 17.7 Å². The monoisotopic (exact) mass is 270 g/mol. The van der Waals surface area contributed by atoms with Crippen molar-refractivity contribution in [3.63, 3.8) is 0 Å². The lowest BCUT2D eigenvalue weighted by molar-refractivity contribution is 0.357. The molecule has 0 aliphatic rings. The molecule has 1 rings (SSSR count). The van der Waals surface area contributed by atoms with Gasteiger partial charge in [-0.3, -0.25) is 0 Å². The van der Waals surface area contributed by atoms with E-state index in [1.807, 2.05) is 6.92 Å². The van der Waals surface area contributed by atoms with Crippen LogP contribution in [-0.4, -0.2) is 14.7 Å². The van der Waals surface area contributed by atoms with Gasteiger partial charge in [0.15, 0.2) is 0 Å². The molecule has 0 fully saturated rings. The van der Waals surface area contributed by atoms with Crippen LogP contribution in [0.4, 0.5) is 8.78 Å². The summed E-state index contributed by atoms with van der Waals surface area (Å²) in [6.45, 7) is 11.9. The van der Waals surface area contributed by atoms with Gasteiger partial charge in [0.1, 0.15) is 24.0 Å². The molecule has 0 spiro atoms. The van der Waals surface area contributed by atoms with Crippen LogP contribution in [0.25, 0.3) is 0 Å². The zero-order valence-corrected chi connectivity index (χ0v) is 12.4. The first kappa shape index (κ1) is 14.9. The Morgan fingerprint density at radius 3 is 2.17 bits per heavy atom. The number of rotatable bonds is 5. The standard InChI is InChI=1S/C14H20F2OSi/c1-6-7-17-11-8-12(15)14(13(16)9-11)10(2)18(3,4)5/h6,8-10H,1,7H2,2-5H3. The summed E-state index contributed by atoms with van der Waals surface area (Å²) >= 11 is 0. The molecular weight excluding hydrogens is 250 g/mol. The van der Waals surface area contributed by atoms with E-state index in [2.05, 4.69) is 26.2 Å². The van der Waals surface area contributed by atoms with Gasteiger partial charge in [0.05, 0.1) is 8.07 Å². The van der Waals surface area contributed by atoms with E-state index in [-0.39, 0.29) is 23.5 Å². The fraction of sp³-hybridized carbons (Fsp3) is 0.429. The number of ether oxygens (including phenoxy) is 1. The Hall–Kier alpha value is -1.16. The van der Waals surface area contributed by atoms with E-state index >= 15 is 0 Å². The second kappa shape index (κ2) is 5.65. The lowest BCUT2D eigenvalue weighted by Crippen LogP contribution is -2.30. The Labute approximate surface area is 108 Å². The molecule has 0 aliphatic carbocycles. The molecule has 1 aromatic carbocycles. The second-order valence-electron chi connectivity index (χ2n) is 5.49. The molecule has 0 N–H and O–H groups in total. The summed E-state index contributed by atoms with van der Waals surface area (Å²) < 4.78 is 33.1. The zero-order chi connectivity index (χ0) is 13.9. The summed E-state index contributed by atoms with van der Waals surface area (Å²) in [6, 6.07) is 2.50. The van der Waals surface area contributed by atoms with Gasteiger partial charge in [-0.05, 0) is 5.54 Å². The highest BCUT2D eigenvalue weighted by atomic mass is 28.3. The lowest BCUT2D eigenvalue weighted by atomic mass is 10.1. The second-order valence-corrected chi connectivity index (χ2v) is 11.1. The third-order valence-electron chi connectivity index (χ3n) is 3.15. The quantitative estimate of drug-likeness (QED) is 0.565. The maximum absolute atomic E-state index is 14.0. The zero-order valence-electron chi connectivity index (χ0n) is 11.4. The third kappa shape index (κ3) is 3.42. The first-order valence-corrected chi connectivity index (χ1v) is 9.57. The van der Waals surface area contributed by atoms with Crippen molar-refractivity contribution < 1.29 is 13.5 Å². The molecule has 0 amide bonds. The van der Waals surface area contributed by atoms with Crippen molar-refractivity contribution in [2.45, 2.75) is 32.1 Å². The van der Waals surface area contributed by atoms with Crippen LogP contribution in [0.5, 0.6) is 5.75 Å². The molecule has 0 saturated carbocycles. The van der Waals surface area contributed by atoms with Gasteiger partial charge < -0.3 is 4.74 Å². The number of hydrogen-bond donors (Lipinski definition) is 0. The molecule has 18 heavy (non-hydrogen) atoms. The van der Waals surface area contributed by atoms with Crippen LogP contribution in [0, 0.1) is 11.6 Å². The predicted octanol–water partition coefficient (Wildman–Crippen LogP) is 4.51. The molecule has 0 heterocycles. The molecule has 0 radical (unpaired) electrons. The predicted molar refractivity (Wildman–Crippen MR) is 73.8 cm³/mol. The molecule has 1 nitrogen and oxygen atoms in total. The van der Waals surface area contributed by atoms with E-state index in [0.717, 1.165) is 0 Å². The Morgan fingerprint density at radius 1 is 1.28 bits per heavy atom. The minimum atomic E-state index is -1.64. The SMILES string of the molecule is C=CCOc1cc(F)c(C(C)[Si](C)(C)C)c(F)c1. The third-order valence-corrected chi connectivity index (χ3v) is 6.04. The van der Waals surface area contributed by atoms with Crippen LogP contribution >= 0.6 is 0 Å². The summed E-state index contributed by atoms with van der Waals surface area (Å²) in [4.78, 5) is 0. The number of benzene rings is 1. The molecular formula is C14H20F2OSi. The Balaban J connectivity index is 3.12. The molecule has 1 unspecified atom stereocenters. The maximum Gasteiger partial charge on any atom is 0.132 e. The van der Waals surface area contributed by atoms with Crippen LogP contribution in [-0.2, 0) is 0 Å². The summed E-state index contributed by atoms with van der Waals surface area (Å²) in [5.41, 5.74) is 0.103. The maximum atomic E-state index is 14.0. The molecule has 1 atom stereocenters. The van der Waals surface area contributed by atoms with Gasteiger partial charge in [0.25, 0.3) is 0 Å². The summed E-state index contributed by atoms with van der Waals surface area (Å²) in [5, 5.41) is 0. The molecule has 0 aliphatic heterocycles. The Morgan fingerprint density at radius 2 is 1.78 bits per heavy atom. The smallest absolute Gasteiger partial charge is 0.132 e. The van der Waals surface area contributed by atoms with Crippen molar-refractivity contribution in [3.05, 3.63) is 42.0 Å². The van der Waals surface area contributed by atoms with E-state index < -0.39 is 19.7 Å². The van der Waals surface area contributed by atoms with E-state index in [1.165, 1.54) is 18.2 Å². The molecule has 100 valence electrons. The summed E-state index contributed by atoms with van der Waals surface area (Å²) in [7, 11) is -1.64. The fourth-order valence-electron chi connectivity index (χ4n) is 1.65. The average Bonchev–Trinajstić information content (AvgIpc) is 2.24. The van der Waals surface area contributed by atoms with Gasteiger partial charge >= 0.3 is 0 Å². The average molecular weight is 270 g/mol. The van der Waals surface area contributed by atoms with Gasteiger partial charge in [-0.15, -0.1) is 0 Å². The van der Waals surface area contributed by atoms with Crippen LogP contribution in [0.3, 0.4) is 0 Å². The fourth-order valence-corrected chi connectivity index (χ4v) is 2.79. The van der Waals surface area contributed by atoms with Gasteiger partial charge in [0.2, 0.25) is 0 Å². The minimum absolute atomic E-state index is 0.0778. The Kier molecular flexibility index (Phi) is 4.68. The van der Waals surface area contributed by atoms with Crippen LogP contribution in [0.15, 0.2) is 24.8 Å².